The molecule has 2 heterocycles. The van der Waals surface area contributed by atoms with Crippen molar-refractivity contribution in [2.45, 2.75) is 32.1 Å². The predicted molar refractivity (Wildman–Crippen MR) is 72.0 cm³/mol. The van der Waals surface area contributed by atoms with Crippen LogP contribution in [0.4, 0.5) is 5.69 Å². The number of nitrogens with zero attached hydrogens (tertiary/aromatic N) is 1. The van der Waals surface area contributed by atoms with Gasteiger partial charge in [0.15, 0.2) is 0 Å². The summed E-state index contributed by atoms with van der Waals surface area (Å²) in [5, 5.41) is 6.97. The molecule has 2 aliphatic rings. The van der Waals surface area contributed by atoms with E-state index < -0.39 is 0 Å². The zero-order valence-corrected chi connectivity index (χ0v) is 10.7. The van der Waals surface area contributed by atoms with Gasteiger partial charge in [-0.25, -0.2) is 5.43 Å². The summed E-state index contributed by atoms with van der Waals surface area (Å²) >= 11 is 0. The van der Waals surface area contributed by atoms with Gasteiger partial charge in [-0.1, -0.05) is 13.0 Å². The molecule has 2 aliphatic heterocycles. The van der Waals surface area contributed by atoms with Crippen molar-refractivity contribution in [3.8, 4) is 0 Å². The molecule has 2 amide bonds. The van der Waals surface area contributed by atoms with Crippen LogP contribution in [0.1, 0.15) is 43.2 Å². The second kappa shape index (κ2) is 4.50. The Morgan fingerprint density at radius 2 is 2.16 bits per heavy atom. The van der Waals surface area contributed by atoms with Crippen LogP contribution in [0.25, 0.3) is 0 Å². The minimum atomic E-state index is -0.0752. The lowest BCUT2D eigenvalue weighted by molar-refractivity contribution is -0.121. The maximum Gasteiger partial charge on any atom is 0.240 e. The molecule has 0 fully saturated rings. The van der Waals surface area contributed by atoms with Gasteiger partial charge >= 0.3 is 0 Å². The van der Waals surface area contributed by atoms with E-state index >= 15 is 0 Å². The van der Waals surface area contributed by atoms with Crippen LogP contribution in [0.2, 0.25) is 0 Å². The Labute approximate surface area is 111 Å². The molecule has 19 heavy (non-hydrogen) atoms. The largest absolute Gasteiger partial charge is 0.325 e. The molecule has 1 aromatic rings. The fraction of sp³-hybridized carbons (Fsp3) is 0.357. The highest BCUT2D eigenvalue weighted by Crippen LogP contribution is 2.35. The van der Waals surface area contributed by atoms with E-state index in [1.807, 2.05) is 25.1 Å². The summed E-state index contributed by atoms with van der Waals surface area (Å²) in [6, 6.07) is 5.86. The molecule has 1 unspecified atom stereocenters. The fourth-order valence-electron chi connectivity index (χ4n) is 2.59. The van der Waals surface area contributed by atoms with Crippen molar-refractivity contribution in [1.82, 2.24) is 5.43 Å². The van der Waals surface area contributed by atoms with Crippen molar-refractivity contribution in [2.24, 2.45) is 5.10 Å². The monoisotopic (exact) mass is 257 g/mol. The molecule has 1 atom stereocenters. The molecular formula is C14H15N3O2. The van der Waals surface area contributed by atoms with E-state index in [0.717, 1.165) is 28.9 Å². The molecule has 0 saturated carbocycles. The SMILES string of the molecule is CCC1C(=O)Nc2ccc(C3=NNC(=O)CC3)cc21. The third-order valence-electron chi connectivity index (χ3n) is 3.65. The van der Waals surface area contributed by atoms with E-state index in [4.69, 9.17) is 0 Å². The summed E-state index contributed by atoms with van der Waals surface area (Å²) in [7, 11) is 0. The van der Waals surface area contributed by atoms with Gasteiger partial charge in [-0.3, -0.25) is 9.59 Å². The number of hydrazone groups is 1. The molecule has 0 aromatic heterocycles. The number of hydrogen-bond donors (Lipinski definition) is 2. The first-order valence-electron chi connectivity index (χ1n) is 6.49. The lowest BCUT2D eigenvalue weighted by Gasteiger charge is -2.13. The summed E-state index contributed by atoms with van der Waals surface area (Å²) in [4.78, 5) is 22.9. The average Bonchev–Trinajstić information content (AvgIpc) is 2.74. The van der Waals surface area contributed by atoms with Crippen molar-refractivity contribution in [3.05, 3.63) is 29.3 Å². The van der Waals surface area contributed by atoms with Crippen LogP contribution in [0.5, 0.6) is 0 Å². The molecule has 0 radical (unpaired) electrons. The first-order valence-corrected chi connectivity index (χ1v) is 6.49. The van der Waals surface area contributed by atoms with Crippen LogP contribution in [0, 0.1) is 0 Å². The summed E-state index contributed by atoms with van der Waals surface area (Å²) in [6.07, 6.45) is 1.89. The van der Waals surface area contributed by atoms with Gasteiger partial charge in [0.1, 0.15) is 0 Å². The van der Waals surface area contributed by atoms with E-state index in [1.165, 1.54) is 0 Å². The Balaban J connectivity index is 1.96. The maximum atomic E-state index is 11.8. The van der Waals surface area contributed by atoms with Gasteiger partial charge in [-0.05, 0) is 29.7 Å². The lowest BCUT2D eigenvalue weighted by atomic mass is 9.94. The Hall–Kier alpha value is -2.17. The van der Waals surface area contributed by atoms with Crippen LogP contribution in [-0.4, -0.2) is 17.5 Å². The van der Waals surface area contributed by atoms with E-state index in [1.54, 1.807) is 0 Å². The summed E-state index contributed by atoms with van der Waals surface area (Å²) < 4.78 is 0. The molecule has 1 aromatic carbocycles. The first-order chi connectivity index (χ1) is 9.19. The van der Waals surface area contributed by atoms with Crippen LogP contribution >= 0.6 is 0 Å². The van der Waals surface area contributed by atoms with Gasteiger partial charge in [-0.15, -0.1) is 0 Å². The van der Waals surface area contributed by atoms with Crippen molar-refractivity contribution in [3.63, 3.8) is 0 Å². The van der Waals surface area contributed by atoms with Crippen LogP contribution in [-0.2, 0) is 9.59 Å². The number of nitrogens with one attached hydrogen (secondary N) is 2. The number of amides is 2. The Morgan fingerprint density at radius 3 is 2.84 bits per heavy atom. The third-order valence-corrected chi connectivity index (χ3v) is 3.65. The molecule has 0 bridgehead atoms. The number of fused-ring (bicyclic) bond motifs is 1. The number of hydrogen-bond acceptors (Lipinski definition) is 3. The third kappa shape index (κ3) is 2.01. The summed E-state index contributed by atoms with van der Waals surface area (Å²) in [5.74, 6) is -0.0598. The molecule has 2 N–H and O–H groups in total. The van der Waals surface area contributed by atoms with E-state index in [2.05, 4.69) is 15.8 Å². The van der Waals surface area contributed by atoms with Crippen LogP contribution in [0.15, 0.2) is 23.3 Å². The highest BCUT2D eigenvalue weighted by Gasteiger charge is 2.29. The Morgan fingerprint density at radius 1 is 1.32 bits per heavy atom. The van der Waals surface area contributed by atoms with E-state index in [-0.39, 0.29) is 17.7 Å². The highest BCUT2D eigenvalue weighted by molar-refractivity contribution is 6.07. The Kier molecular flexibility index (Phi) is 2.81. The standard InChI is InChI=1S/C14H15N3O2/c1-2-9-10-7-8(3-4-12(10)15-14(9)19)11-5-6-13(18)17-16-11/h3-4,7,9H,2,5-6H2,1H3,(H,15,19)(H,17,18). The number of benzene rings is 1. The second-order valence-electron chi connectivity index (χ2n) is 4.85. The highest BCUT2D eigenvalue weighted by atomic mass is 16.2. The zero-order valence-electron chi connectivity index (χ0n) is 10.7. The molecule has 98 valence electrons. The van der Waals surface area contributed by atoms with Crippen molar-refractivity contribution < 1.29 is 9.59 Å². The van der Waals surface area contributed by atoms with E-state index in [9.17, 15) is 9.59 Å². The number of carbonyl (C=O) groups excluding carboxylic acids is 2. The molecular weight excluding hydrogens is 242 g/mol. The molecule has 5 nitrogen and oxygen atoms in total. The minimum Gasteiger partial charge on any atom is -0.325 e. The van der Waals surface area contributed by atoms with Gasteiger partial charge in [0.05, 0.1) is 11.6 Å². The molecule has 0 aliphatic carbocycles. The molecule has 5 heteroatoms. The summed E-state index contributed by atoms with van der Waals surface area (Å²) in [5.41, 5.74) is 6.27. The minimum absolute atomic E-state index is 0.0480. The van der Waals surface area contributed by atoms with Crippen LogP contribution in [0.3, 0.4) is 0 Å². The van der Waals surface area contributed by atoms with Gasteiger partial charge in [-0.2, -0.15) is 5.10 Å². The van der Waals surface area contributed by atoms with Gasteiger partial charge < -0.3 is 5.32 Å². The molecule has 0 saturated heterocycles. The van der Waals surface area contributed by atoms with E-state index in [0.29, 0.717) is 12.8 Å². The number of rotatable bonds is 2. The number of carbonyl (C=O) groups is 2. The lowest BCUT2D eigenvalue weighted by Crippen LogP contribution is -2.25. The van der Waals surface area contributed by atoms with Gasteiger partial charge in [0.25, 0.3) is 0 Å². The smallest absolute Gasteiger partial charge is 0.240 e. The normalized spacial score (nSPS) is 21.5. The second-order valence-corrected chi connectivity index (χ2v) is 4.85. The van der Waals surface area contributed by atoms with Crippen molar-refractivity contribution in [2.75, 3.05) is 5.32 Å². The maximum absolute atomic E-state index is 11.8. The summed E-state index contributed by atoms with van der Waals surface area (Å²) in [6.45, 7) is 2.00. The zero-order chi connectivity index (χ0) is 13.4. The number of anilines is 1. The fourth-order valence-corrected chi connectivity index (χ4v) is 2.59. The van der Waals surface area contributed by atoms with Gasteiger partial charge in [0.2, 0.25) is 11.8 Å². The topological polar surface area (TPSA) is 70.6 Å². The Bertz CT molecular complexity index is 592. The molecule has 3 rings (SSSR count). The first kappa shape index (κ1) is 11.9. The van der Waals surface area contributed by atoms with Crippen LogP contribution < -0.4 is 10.7 Å². The predicted octanol–water partition coefficient (Wildman–Crippen LogP) is 1.75. The van der Waals surface area contributed by atoms with Gasteiger partial charge in [0, 0.05) is 18.5 Å². The molecule has 0 spiro atoms. The quantitative estimate of drug-likeness (QED) is 0.847. The van der Waals surface area contributed by atoms with Crippen molar-refractivity contribution >= 4 is 23.2 Å². The average molecular weight is 257 g/mol. The van der Waals surface area contributed by atoms with Crippen molar-refractivity contribution in [1.29, 1.82) is 0 Å².